The zero-order valence-electron chi connectivity index (χ0n) is 15.5. The van der Waals surface area contributed by atoms with Crippen molar-refractivity contribution in [3.63, 3.8) is 0 Å². The maximum absolute atomic E-state index is 11.6. The number of nitrogens with zero attached hydrogens (tertiary/aromatic N) is 1. The molecule has 1 aliphatic heterocycles. The van der Waals surface area contributed by atoms with E-state index in [2.05, 4.69) is 6.07 Å². The van der Waals surface area contributed by atoms with Crippen molar-refractivity contribution in [2.75, 3.05) is 14.2 Å². The van der Waals surface area contributed by atoms with Gasteiger partial charge in [-0.15, -0.1) is 0 Å². The molecular formula is C22H22ClNO3. The Bertz CT molecular complexity index is 922. The molecule has 0 amide bonds. The minimum atomic E-state index is -0.462. The van der Waals surface area contributed by atoms with E-state index in [1.807, 2.05) is 24.3 Å². The average molecular weight is 384 g/mol. The molecule has 1 saturated carbocycles. The number of carbonyl (C=O) groups excluding carboxylic acids is 1. The van der Waals surface area contributed by atoms with Crippen molar-refractivity contribution < 1.29 is 14.3 Å². The summed E-state index contributed by atoms with van der Waals surface area (Å²) in [6, 6.07) is 11.7. The maximum atomic E-state index is 11.6. The SMILES string of the molecule is COc1cc2c(cc1OC)[C@@H]1CCCC[C@H]1N=C2c1cccc(C(=O)Cl)c1. The zero-order valence-corrected chi connectivity index (χ0v) is 16.3. The first kappa shape index (κ1) is 18.1. The molecule has 0 N–H and O–H groups in total. The van der Waals surface area contributed by atoms with Gasteiger partial charge in [-0.1, -0.05) is 31.0 Å². The Morgan fingerprint density at radius 3 is 2.56 bits per heavy atom. The molecule has 1 aliphatic carbocycles. The minimum absolute atomic E-state index is 0.259. The van der Waals surface area contributed by atoms with Gasteiger partial charge in [0.1, 0.15) is 0 Å². The molecule has 2 atom stereocenters. The van der Waals surface area contributed by atoms with E-state index in [9.17, 15) is 4.79 Å². The summed E-state index contributed by atoms with van der Waals surface area (Å²) in [6.45, 7) is 0. The number of carbonyl (C=O) groups is 1. The second kappa shape index (κ2) is 7.35. The van der Waals surface area contributed by atoms with Gasteiger partial charge in [-0.3, -0.25) is 9.79 Å². The van der Waals surface area contributed by atoms with E-state index < -0.39 is 5.24 Å². The van der Waals surface area contributed by atoms with Crippen LogP contribution in [-0.4, -0.2) is 31.2 Å². The number of hydrogen-bond donors (Lipinski definition) is 0. The van der Waals surface area contributed by atoms with Crippen LogP contribution in [0.15, 0.2) is 41.4 Å². The van der Waals surface area contributed by atoms with Gasteiger partial charge in [0.15, 0.2) is 11.5 Å². The largest absolute Gasteiger partial charge is 0.493 e. The van der Waals surface area contributed by atoms with E-state index in [0.29, 0.717) is 17.2 Å². The molecule has 2 aliphatic rings. The number of ether oxygens (including phenoxy) is 2. The van der Waals surface area contributed by atoms with Crippen LogP contribution in [-0.2, 0) is 0 Å². The van der Waals surface area contributed by atoms with Gasteiger partial charge in [-0.2, -0.15) is 0 Å². The summed E-state index contributed by atoms with van der Waals surface area (Å²) < 4.78 is 11.1. The van der Waals surface area contributed by atoms with Crippen LogP contribution in [0.4, 0.5) is 0 Å². The van der Waals surface area contributed by atoms with Crippen molar-refractivity contribution in [3.05, 3.63) is 58.7 Å². The third-order valence-corrected chi connectivity index (χ3v) is 5.82. The molecule has 0 radical (unpaired) electrons. The van der Waals surface area contributed by atoms with Crippen LogP contribution in [0.3, 0.4) is 0 Å². The fourth-order valence-corrected chi connectivity index (χ4v) is 4.41. The maximum Gasteiger partial charge on any atom is 0.252 e. The molecule has 140 valence electrons. The molecule has 0 unspecified atom stereocenters. The highest BCUT2D eigenvalue weighted by Gasteiger charge is 2.34. The van der Waals surface area contributed by atoms with E-state index in [1.165, 1.54) is 18.4 Å². The molecule has 1 fully saturated rings. The van der Waals surface area contributed by atoms with Gasteiger partial charge in [0.05, 0.1) is 26.0 Å². The fourth-order valence-electron chi connectivity index (χ4n) is 4.29. The number of hydrogen-bond acceptors (Lipinski definition) is 4. The van der Waals surface area contributed by atoms with Crippen molar-refractivity contribution in [2.24, 2.45) is 4.99 Å². The number of methoxy groups -OCH3 is 2. The fraction of sp³-hybridized carbons (Fsp3) is 0.364. The van der Waals surface area contributed by atoms with E-state index in [1.54, 1.807) is 20.3 Å². The van der Waals surface area contributed by atoms with Crippen LogP contribution >= 0.6 is 11.6 Å². The lowest BCUT2D eigenvalue weighted by molar-refractivity contribution is 0.108. The normalized spacial score (nSPS) is 20.9. The average Bonchev–Trinajstić information content (AvgIpc) is 2.72. The predicted octanol–water partition coefficient (Wildman–Crippen LogP) is 4.96. The first-order valence-corrected chi connectivity index (χ1v) is 9.64. The summed E-state index contributed by atoms with van der Waals surface area (Å²) in [5.41, 5.74) is 4.58. The highest BCUT2D eigenvalue weighted by molar-refractivity contribution is 6.67. The van der Waals surface area contributed by atoms with Crippen molar-refractivity contribution in [2.45, 2.75) is 37.6 Å². The van der Waals surface area contributed by atoms with Crippen LogP contribution < -0.4 is 9.47 Å². The van der Waals surface area contributed by atoms with Gasteiger partial charge in [0.25, 0.3) is 5.24 Å². The topological polar surface area (TPSA) is 47.9 Å². The van der Waals surface area contributed by atoms with Crippen LogP contribution in [0.25, 0.3) is 0 Å². The Kier molecular flexibility index (Phi) is 4.92. The van der Waals surface area contributed by atoms with Crippen LogP contribution in [0.5, 0.6) is 11.5 Å². The lowest BCUT2D eigenvalue weighted by Crippen LogP contribution is -2.29. The Balaban J connectivity index is 1.91. The summed E-state index contributed by atoms with van der Waals surface area (Å²) in [6.07, 6.45) is 4.62. The van der Waals surface area contributed by atoms with E-state index >= 15 is 0 Å². The molecule has 5 heteroatoms. The van der Waals surface area contributed by atoms with Gasteiger partial charge in [0.2, 0.25) is 0 Å². The number of benzene rings is 2. The Morgan fingerprint density at radius 2 is 1.81 bits per heavy atom. The summed E-state index contributed by atoms with van der Waals surface area (Å²) >= 11 is 5.70. The molecule has 4 nitrogen and oxygen atoms in total. The number of halogens is 1. The summed E-state index contributed by atoms with van der Waals surface area (Å²) in [7, 11) is 3.30. The minimum Gasteiger partial charge on any atom is -0.493 e. The van der Waals surface area contributed by atoms with E-state index in [4.69, 9.17) is 26.1 Å². The van der Waals surface area contributed by atoms with E-state index in [0.717, 1.165) is 35.4 Å². The quantitative estimate of drug-likeness (QED) is 0.701. The Morgan fingerprint density at radius 1 is 1.07 bits per heavy atom. The molecule has 2 aromatic carbocycles. The first-order valence-electron chi connectivity index (χ1n) is 9.26. The van der Waals surface area contributed by atoms with Crippen molar-refractivity contribution >= 4 is 22.6 Å². The highest BCUT2D eigenvalue weighted by atomic mass is 35.5. The van der Waals surface area contributed by atoms with Crippen molar-refractivity contribution in [1.82, 2.24) is 0 Å². The van der Waals surface area contributed by atoms with Crippen LogP contribution in [0.1, 0.15) is 58.6 Å². The third-order valence-electron chi connectivity index (χ3n) is 5.60. The summed E-state index contributed by atoms with van der Waals surface area (Å²) in [5.74, 6) is 1.82. The van der Waals surface area contributed by atoms with E-state index in [-0.39, 0.29) is 6.04 Å². The van der Waals surface area contributed by atoms with Gasteiger partial charge >= 0.3 is 0 Å². The second-order valence-electron chi connectivity index (χ2n) is 7.08. The molecule has 0 saturated heterocycles. The lowest BCUT2D eigenvalue weighted by Gasteiger charge is -2.35. The number of fused-ring (bicyclic) bond motifs is 3. The smallest absolute Gasteiger partial charge is 0.252 e. The van der Waals surface area contributed by atoms with Crippen molar-refractivity contribution in [3.8, 4) is 11.5 Å². The Labute approximate surface area is 164 Å². The molecule has 0 bridgehead atoms. The molecule has 0 spiro atoms. The molecule has 27 heavy (non-hydrogen) atoms. The van der Waals surface area contributed by atoms with Crippen molar-refractivity contribution in [1.29, 1.82) is 0 Å². The monoisotopic (exact) mass is 383 g/mol. The standard InChI is InChI=1S/C22H22ClNO3/c1-26-19-11-16-15-8-3-4-9-18(15)24-21(17(16)12-20(19)27-2)13-6-5-7-14(10-13)22(23)25/h5-7,10-12,15,18H,3-4,8-9H2,1-2H3/t15-,18+/m0/s1. The molecular weight excluding hydrogens is 362 g/mol. The zero-order chi connectivity index (χ0) is 19.0. The van der Waals surface area contributed by atoms with Gasteiger partial charge in [-0.25, -0.2) is 0 Å². The Hall–Kier alpha value is -2.33. The number of rotatable bonds is 4. The predicted molar refractivity (Wildman–Crippen MR) is 107 cm³/mol. The second-order valence-corrected chi connectivity index (χ2v) is 7.43. The highest BCUT2D eigenvalue weighted by Crippen LogP contribution is 2.44. The molecule has 0 aromatic heterocycles. The van der Waals surface area contributed by atoms with Gasteiger partial charge in [0, 0.05) is 22.6 Å². The molecule has 4 rings (SSSR count). The molecule has 2 aromatic rings. The van der Waals surface area contributed by atoms with Crippen LogP contribution in [0.2, 0.25) is 0 Å². The third kappa shape index (κ3) is 3.23. The number of aliphatic imine (C=N–C) groups is 1. The molecule has 1 heterocycles. The first-order chi connectivity index (χ1) is 13.1. The van der Waals surface area contributed by atoms with Crippen LogP contribution in [0, 0.1) is 0 Å². The summed E-state index contributed by atoms with van der Waals surface area (Å²) in [5, 5.41) is -0.462. The summed E-state index contributed by atoms with van der Waals surface area (Å²) in [4.78, 5) is 16.7. The van der Waals surface area contributed by atoms with Gasteiger partial charge < -0.3 is 9.47 Å². The lowest BCUT2D eigenvalue weighted by atomic mass is 9.75. The van der Waals surface area contributed by atoms with Gasteiger partial charge in [-0.05, 0) is 48.2 Å².